The van der Waals surface area contributed by atoms with Crippen LogP contribution in [-0.2, 0) is 13.0 Å². The fraction of sp³-hybridized carbons (Fsp3) is 0.524. The summed E-state index contributed by atoms with van der Waals surface area (Å²) >= 11 is 0. The van der Waals surface area contributed by atoms with E-state index < -0.39 is 0 Å². The van der Waals surface area contributed by atoms with Crippen LogP contribution in [0.25, 0.3) is 0 Å². The van der Waals surface area contributed by atoms with Gasteiger partial charge in [0.25, 0.3) is 5.91 Å². The van der Waals surface area contributed by atoms with Gasteiger partial charge in [0.05, 0.1) is 12.7 Å². The Bertz CT molecular complexity index is 727. The minimum atomic E-state index is -0.0824. The summed E-state index contributed by atoms with van der Waals surface area (Å²) in [6.07, 6.45) is 3.80. The molecule has 1 amide bonds. The molecule has 0 bridgehead atoms. The number of rotatable bonds is 8. The molecule has 1 aliphatic rings. The van der Waals surface area contributed by atoms with Crippen LogP contribution in [0.4, 0.5) is 0 Å². The minimum Gasteiger partial charge on any atom is -0.492 e. The number of aromatic nitrogens is 2. The fourth-order valence-electron chi connectivity index (χ4n) is 3.26. The summed E-state index contributed by atoms with van der Waals surface area (Å²) in [5.41, 5.74) is 0.649. The summed E-state index contributed by atoms with van der Waals surface area (Å²) in [7, 11) is 0. The van der Waals surface area contributed by atoms with E-state index >= 15 is 0 Å². The highest BCUT2D eigenvalue weighted by Gasteiger charge is 2.20. The first-order valence-corrected chi connectivity index (χ1v) is 9.86. The maximum atomic E-state index is 12.6. The Kier molecular flexibility index (Phi) is 6.87. The number of amides is 1. The summed E-state index contributed by atoms with van der Waals surface area (Å²) in [5, 5.41) is 2.94. The number of hydrogen-bond acceptors (Lipinski definition) is 4. The molecule has 3 rings (SSSR count). The van der Waals surface area contributed by atoms with E-state index in [-0.39, 0.29) is 5.91 Å². The lowest BCUT2D eigenvalue weighted by Gasteiger charge is -2.20. The molecule has 6 nitrogen and oxygen atoms in total. The van der Waals surface area contributed by atoms with E-state index in [1.807, 2.05) is 30.3 Å². The molecule has 0 fully saturated rings. The highest BCUT2D eigenvalue weighted by molar-refractivity contribution is 5.92. The van der Waals surface area contributed by atoms with Crippen LogP contribution in [0.3, 0.4) is 0 Å². The van der Waals surface area contributed by atoms with Crippen molar-refractivity contribution in [2.45, 2.75) is 33.2 Å². The molecule has 6 heteroatoms. The first-order chi connectivity index (χ1) is 13.1. The number of nitrogens with one attached hydrogen (secondary N) is 1. The number of hydrogen-bond donors (Lipinski definition) is 1. The monoisotopic (exact) mass is 370 g/mol. The Labute approximate surface area is 161 Å². The maximum absolute atomic E-state index is 12.6. The second-order valence-corrected chi connectivity index (χ2v) is 7.40. The summed E-state index contributed by atoms with van der Waals surface area (Å²) in [6, 6.07) is 9.62. The van der Waals surface area contributed by atoms with Crippen LogP contribution in [0.1, 0.15) is 36.6 Å². The van der Waals surface area contributed by atoms with Crippen molar-refractivity contribution in [2.24, 2.45) is 5.92 Å². The molecule has 1 N–H and O–H groups in total. The van der Waals surface area contributed by atoms with Gasteiger partial charge in [-0.1, -0.05) is 32.0 Å². The molecule has 1 aliphatic heterocycles. The van der Waals surface area contributed by atoms with E-state index in [2.05, 4.69) is 33.6 Å². The number of ether oxygens (including phenoxy) is 1. The third kappa shape index (κ3) is 5.57. The van der Waals surface area contributed by atoms with Gasteiger partial charge in [0.15, 0.2) is 0 Å². The van der Waals surface area contributed by atoms with Gasteiger partial charge in [0.2, 0.25) is 0 Å². The van der Waals surface area contributed by atoms with Gasteiger partial charge in [0, 0.05) is 26.1 Å². The topological polar surface area (TPSA) is 59.4 Å². The zero-order chi connectivity index (χ0) is 19.1. The third-order valence-corrected chi connectivity index (χ3v) is 4.88. The Balaban J connectivity index is 1.49. The molecule has 0 saturated carbocycles. The van der Waals surface area contributed by atoms with Crippen LogP contribution in [-0.4, -0.2) is 53.1 Å². The Morgan fingerprint density at radius 2 is 2.04 bits per heavy atom. The summed E-state index contributed by atoms with van der Waals surface area (Å²) in [5.74, 6) is 2.45. The van der Waals surface area contributed by atoms with Gasteiger partial charge in [-0.05, 0) is 31.0 Å². The van der Waals surface area contributed by atoms with Gasteiger partial charge >= 0.3 is 0 Å². The van der Waals surface area contributed by atoms with Gasteiger partial charge in [-0.2, -0.15) is 0 Å². The van der Waals surface area contributed by atoms with E-state index in [1.54, 1.807) is 6.20 Å². The molecule has 0 aliphatic carbocycles. The third-order valence-electron chi connectivity index (χ3n) is 4.88. The first kappa shape index (κ1) is 19.4. The standard InChI is InChI=1S/C21H30N4O2/c1-17(2)8-11-24-12-9-20-23-16-19(25(20)14-13-24)21(26)22-10-15-27-18-6-4-3-5-7-18/h3-7,16-17H,8-15H2,1-2H3,(H,22,26). The van der Waals surface area contributed by atoms with Gasteiger partial charge in [-0.3, -0.25) is 4.79 Å². The summed E-state index contributed by atoms with van der Waals surface area (Å²) < 4.78 is 7.69. The van der Waals surface area contributed by atoms with Crippen LogP contribution >= 0.6 is 0 Å². The van der Waals surface area contributed by atoms with Gasteiger partial charge in [-0.15, -0.1) is 0 Å². The normalized spacial score (nSPS) is 14.6. The predicted octanol–water partition coefficient (Wildman–Crippen LogP) is 2.60. The number of imidazole rings is 1. The molecule has 1 aromatic heterocycles. The van der Waals surface area contributed by atoms with Gasteiger partial charge in [-0.25, -0.2) is 4.98 Å². The SMILES string of the molecule is CC(C)CCN1CCc2ncc(C(=O)NCCOc3ccccc3)n2CC1. The molecular weight excluding hydrogens is 340 g/mol. The van der Waals surface area contributed by atoms with Crippen molar-refractivity contribution in [3.8, 4) is 5.75 Å². The summed E-state index contributed by atoms with van der Waals surface area (Å²) in [4.78, 5) is 19.5. The average Bonchev–Trinajstić information content (AvgIpc) is 2.97. The lowest BCUT2D eigenvalue weighted by molar-refractivity contribution is 0.0937. The van der Waals surface area contributed by atoms with Gasteiger partial charge in [0.1, 0.15) is 23.9 Å². The Hall–Kier alpha value is -2.34. The fourth-order valence-corrected chi connectivity index (χ4v) is 3.26. The van der Waals surface area contributed by atoms with Crippen molar-refractivity contribution < 1.29 is 9.53 Å². The largest absolute Gasteiger partial charge is 0.492 e. The Morgan fingerprint density at radius 3 is 2.81 bits per heavy atom. The number of carbonyl (C=O) groups excluding carboxylic acids is 1. The number of nitrogens with zero attached hydrogens (tertiary/aromatic N) is 3. The highest BCUT2D eigenvalue weighted by Crippen LogP contribution is 2.13. The van der Waals surface area contributed by atoms with E-state index in [4.69, 9.17) is 4.74 Å². The van der Waals surface area contributed by atoms with Crippen molar-refractivity contribution >= 4 is 5.91 Å². The molecule has 2 aromatic rings. The smallest absolute Gasteiger partial charge is 0.269 e. The second-order valence-electron chi connectivity index (χ2n) is 7.40. The molecule has 1 aromatic carbocycles. The molecule has 0 radical (unpaired) electrons. The van der Waals surface area contributed by atoms with Crippen LogP contribution in [0.15, 0.2) is 36.5 Å². The van der Waals surface area contributed by atoms with Crippen LogP contribution in [0.2, 0.25) is 0 Å². The molecule has 146 valence electrons. The van der Waals surface area contributed by atoms with E-state index in [9.17, 15) is 4.79 Å². The zero-order valence-electron chi connectivity index (χ0n) is 16.4. The predicted molar refractivity (Wildman–Crippen MR) is 106 cm³/mol. The van der Waals surface area contributed by atoms with E-state index in [0.717, 1.165) is 44.2 Å². The molecule has 0 unspecified atom stereocenters. The van der Waals surface area contributed by atoms with Crippen molar-refractivity contribution in [3.63, 3.8) is 0 Å². The zero-order valence-corrected chi connectivity index (χ0v) is 16.4. The van der Waals surface area contributed by atoms with Crippen LogP contribution in [0, 0.1) is 5.92 Å². The lowest BCUT2D eigenvalue weighted by atomic mass is 10.1. The van der Waals surface area contributed by atoms with E-state index in [0.29, 0.717) is 24.8 Å². The molecule has 2 heterocycles. The average molecular weight is 370 g/mol. The molecule has 27 heavy (non-hydrogen) atoms. The number of para-hydroxylation sites is 1. The second kappa shape index (κ2) is 9.55. The maximum Gasteiger partial charge on any atom is 0.269 e. The van der Waals surface area contributed by atoms with E-state index in [1.165, 1.54) is 6.42 Å². The van der Waals surface area contributed by atoms with Crippen molar-refractivity contribution in [1.29, 1.82) is 0 Å². The quantitative estimate of drug-likeness (QED) is 0.726. The first-order valence-electron chi connectivity index (χ1n) is 9.86. The molecule has 0 spiro atoms. The number of benzene rings is 1. The minimum absolute atomic E-state index is 0.0824. The molecule has 0 saturated heterocycles. The van der Waals surface area contributed by atoms with Crippen molar-refractivity contribution in [2.75, 3.05) is 32.8 Å². The Morgan fingerprint density at radius 1 is 1.22 bits per heavy atom. The highest BCUT2D eigenvalue weighted by atomic mass is 16.5. The number of fused-ring (bicyclic) bond motifs is 1. The van der Waals surface area contributed by atoms with Crippen LogP contribution < -0.4 is 10.1 Å². The van der Waals surface area contributed by atoms with Crippen molar-refractivity contribution in [3.05, 3.63) is 48.0 Å². The van der Waals surface area contributed by atoms with Gasteiger partial charge < -0.3 is 19.5 Å². The lowest BCUT2D eigenvalue weighted by Crippen LogP contribution is -2.31. The number of carbonyl (C=O) groups is 1. The molecule has 0 atom stereocenters. The van der Waals surface area contributed by atoms with Crippen molar-refractivity contribution in [1.82, 2.24) is 19.8 Å². The van der Waals surface area contributed by atoms with Crippen LogP contribution in [0.5, 0.6) is 5.75 Å². The molecular formula is C21H30N4O2. The summed E-state index contributed by atoms with van der Waals surface area (Å²) in [6.45, 7) is 9.33.